The number of ether oxygens (including phenoxy) is 1. The molecule has 1 N–H and O–H groups in total. The fraction of sp³-hybridized carbons (Fsp3) is 0.278. The third-order valence-corrected chi connectivity index (χ3v) is 4.26. The van der Waals surface area contributed by atoms with E-state index >= 15 is 0 Å². The van der Waals surface area contributed by atoms with Crippen LogP contribution in [0.15, 0.2) is 53.0 Å². The van der Waals surface area contributed by atoms with Gasteiger partial charge in [-0.1, -0.05) is 28.1 Å². The van der Waals surface area contributed by atoms with E-state index < -0.39 is 6.61 Å². The summed E-state index contributed by atoms with van der Waals surface area (Å²) >= 11 is 3.35. The number of hydrogen-bond acceptors (Lipinski definition) is 3. The van der Waals surface area contributed by atoms with E-state index in [-0.39, 0.29) is 17.7 Å². The molecule has 0 radical (unpaired) electrons. The van der Waals surface area contributed by atoms with Crippen LogP contribution in [0.25, 0.3) is 0 Å². The Hall–Kier alpha value is -1.99. The lowest BCUT2D eigenvalue weighted by atomic mass is 10.1. The van der Waals surface area contributed by atoms with Crippen LogP contribution in [0.3, 0.4) is 0 Å². The van der Waals surface area contributed by atoms with Crippen molar-refractivity contribution in [2.45, 2.75) is 26.1 Å². The van der Waals surface area contributed by atoms with Crippen LogP contribution < -0.4 is 10.1 Å². The van der Waals surface area contributed by atoms with E-state index in [1.807, 2.05) is 43.1 Å². The van der Waals surface area contributed by atoms with Gasteiger partial charge >= 0.3 is 6.61 Å². The number of anilines is 1. The Morgan fingerprint density at radius 2 is 1.76 bits per heavy atom. The fourth-order valence-electron chi connectivity index (χ4n) is 2.18. The van der Waals surface area contributed by atoms with Crippen molar-refractivity contribution in [1.29, 1.82) is 0 Å². The summed E-state index contributed by atoms with van der Waals surface area (Å²) in [6.45, 7) is -0.525. The molecule has 0 fully saturated rings. The van der Waals surface area contributed by atoms with Crippen molar-refractivity contribution in [3.63, 3.8) is 0 Å². The van der Waals surface area contributed by atoms with E-state index in [2.05, 4.69) is 26.0 Å². The maximum Gasteiger partial charge on any atom is 0.387 e. The Morgan fingerprint density at radius 1 is 1.16 bits per heavy atom. The zero-order valence-electron chi connectivity index (χ0n) is 13.9. The molecule has 0 aliphatic heterocycles. The van der Waals surface area contributed by atoms with Crippen molar-refractivity contribution in [2.24, 2.45) is 0 Å². The molecule has 1 amide bonds. The largest absolute Gasteiger partial charge is 0.435 e. The first-order chi connectivity index (χ1) is 11.8. The van der Waals surface area contributed by atoms with Crippen LogP contribution in [-0.2, 0) is 11.3 Å². The molecule has 7 heteroatoms. The van der Waals surface area contributed by atoms with E-state index in [1.54, 1.807) is 12.1 Å². The normalized spacial score (nSPS) is 12.3. The minimum absolute atomic E-state index is 0.113. The van der Waals surface area contributed by atoms with Crippen LogP contribution in [0.4, 0.5) is 14.5 Å². The lowest BCUT2D eigenvalue weighted by Gasteiger charge is -2.24. The van der Waals surface area contributed by atoms with Crippen LogP contribution in [-0.4, -0.2) is 30.5 Å². The summed E-state index contributed by atoms with van der Waals surface area (Å²) in [7, 11) is 1.83. The first kappa shape index (κ1) is 19.3. The number of carbonyl (C=O) groups excluding carboxylic acids is 1. The Morgan fingerprint density at radius 3 is 2.32 bits per heavy atom. The standard InChI is InChI=1S/C18H19BrF2N2O2/c1-12(17(24)22-15-7-5-14(19)6-8-15)23(2)11-13-3-9-16(10-4-13)25-18(20)21/h3-10,12,18H,11H2,1-2H3,(H,22,24)/t12-/m1/s1. The van der Waals surface area contributed by atoms with Crippen molar-refractivity contribution in [3.8, 4) is 5.75 Å². The van der Waals surface area contributed by atoms with Gasteiger partial charge in [0.2, 0.25) is 5.91 Å². The van der Waals surface area contributed by atoms with Crippen molar-refractivity contribution >= 4 is 27.5 Å². The molecule has 134 valence electrons. The van der Waals surface area contributed by atoms with Crippen molar-refractivity contribution in [2.75, 3.05) is 12.4 Å². The second kappa shape index (κ2) is 8.92. The highest BCUT2D eigenvalue weighted by Crippen LogP contribution is 2.17. The van der Waals surface area contributed by atoms with Gasteiger partial charge in [-0.2, -0.15) is 8.78 Å². The van der Waals surface area contributed by atoms with Crippen LogP contribution in [0, 0.1) is 0 Å². The summed E-state index contributed by atoms with van der Waals surface area (Å²) in [5.41, 5.74) is 1.62. The molecular formula is C18H19BrF2N2O2. The average Bonchev–Trinajstić information content (AvgIpc) is 2.57. The molecule has 0 spiro atoms. The zero-order valence-corrected chi connectivity index (χ0v) is 15.5. The highest BCUT2D eigenvalue weighted by atomic mass is 79.9. The number of rotatable bonds is 7. The molecule has 1 atom stereocenters. The Bertz CT molecular complexity index is 693. The number of carbonyl (C=O) groups is 1. The highest BCUT2D eigenvalue weighted by Gasteiger charge is 2.18. The maximum absolute atomic E-state index is 12.3. The molecule has 0 aliphatic carbocycles. The first-order valence-electron chi connectivity index (χ1n) is 7.65. The van der Waals surface area contributed by atoms with Gasteiger partial charge in [-0.3, -0.25) is 9.69 Å². The molecular weight excluding hydrogens is 394 g/mol. The van der Waals surface area contributed by atoms with Gasteiger partial charge in [-0.25, -0.2) is 0 Å². The molecule has 0 unspecified atom stereocenters. The van der Waals surface area contributed by atoms with Gasteiger partial charge in [0, 0.05) is 16.7 Å². The molecule has 2 rings (SSSR count). The minimum Gasteiger partial charge on any atom is -0.435 e. The SMILES string of the molecule is C[C@H](C(=O)Nc1ccc(Br)cc1)N(C)Cc1ccc(OC(F)F)cc1. The van der Waals surface area contributed by atoms with Crippen LogP contribution in [0.5, 0.6) is 5.75 Å². The Kier molecular flexibility index (Phi) is 6.90. The molecule has 0 heterocycles. The Labute approximate surface area is 153 Å². The summed E-state index contributed by atoms with van der Waals surface area (Å²) in [5, 5.41) is 2.86. The first-order valence-corrected chi connectivity index (χ1v) is 8.45. The number of alkyl halides is 2. The maximum atomic E-state index is 12.3. The van der Waals surface area contributed by atoms with Gasteiger partial charge in [-0.05, 0) is 55.9 Å². The number of likely N-dealkylation sites (N-methyl/N-ethyl adjacent to an activating group) is 1. The number of amides is 1. The summed E-state index contributed by atoms with van der Waals surface area (Å²) in [5.74, 6) is -0.00934. The van der Waals surface area contributed by atoms with Gasteiger partial charge in [0.25, 0.3) is 0 Å². The molecule has 2 aromatic rings. The van der Waals surface area contributed by atoms with E-state index in [9.17, 15) is 13.6 Å². The van der Waals surface area contributed by atoms with Gasteiger partial charge in [0.05, 0.1) is 6.04 Å². The van der Waals surface area contributed by atoms with Crippen LogP contribution >= 0.6 is 15.9 Å². The van der Waals surface area contributed by atoms with Crippen molar-refractivity contribution in [3.05, 3.63) is 58.6 Å². The predicted molar refractivity (Wildman–Crippen MR) is 96.8 cm³/mol. The smallest absolute Gasteiger partial charge is 0.387 e. The fourth-order valence-corrected chi connectivity index (χ4v) is 2.45. The average molecular weight is 413 g/mol. The van der Waals surface area contributed by atoms with E-state index in [0.29, 0.717) is 6.54 Å². The number of halogens is 3. The second-order valence-electron chi connectivity index (χ2n) is 5.61. The quantitative estimate of drug-likeness (QED) is 0.727. The summed E-state index contributed by atoms with van der Waals surface area (Å²) in [6, 6.07) is 13.4. The molecule has 25 heavy (non-hydrogen) atoms. The second-order valence-corrected chi connectivity index (χ2v) is 6.53. The summed E-state index contributed by atoms with van der Waals surface area (Å²) in [4.78, 5) is 14.2. The van der Waals surface area contributed by atoms with Crippen LogP contribution in [0.1, 0.15) is 12.5 Å². The van der Waals surface area contributed by atoms with Crippen molar-refractivity contribution in [1.82, 2.24) is 4.90 Å². The molecule has 0 saturated carbocycles. The predicted octanol–water partition coefficient (Wildman–Crippen LogP) is 4.51. The van der Waals surface area contributed by atoms with Gasteiger partial charge in [0.1, 0.15) is 5.75 Å². The van der Waals surface area contributed by atoms with E-state index in [1.165, 1.54) is 12.1 Å². The molecule has 0 saturated heterocycles. The van der Waals surface area contributed by atoms with E-state index in [4.69, 9.17) is 0 Å². The lowest BCUT2D eigenvalue weighted by Crippen LogP contribution is -2.39. The molecule has 0 aromatic heterocycles. The highest BCUT2D eigenvalue weighted by molar-refractivity contribution is 9.10. The summed E-state index contributed by atoms with van der Waals surface area (Å²) < 4.78 is 29.6. The van der Waals surface area contributed by atoms with Gasteiger partial charge < -0.3 is 10.1 Å². The Balaban J connectivity index is 1.91. The van der Waals surface area contributed by atoms with Gasteiger partial charge in [-0.15, -0.1) is 0 Å². The number of nitrogens with one attached hydrogen (secondary N) is 1. The monoisotopic (exact) mass is 412 g/mol. The number of benzene rings is 2. The van der Waals surface area contributed by atoms with E-state index in [0.717, 1.165) is 15.7 Å². The van der Waals surface area contributed by atoms with Crippen molar-refractivity contribution < 1.29 is 18.3 Å². The molecule has 2 aromatic carbocycles. The van der Waals surface area contributed by atoms with Crippen LogP contribution in [0.2, 0.25) is 0 Å². The third kappa shape index (κ3) is 6.10. The molecule has 0 bridgehead atoms. The lowest BCUT2D eigenvalue weighted by molar-refractivity contribution is -0.120. The third-order valence-electron chi connectivity index (χ3n) is 3.73. The zero-order chi connectivity index (χ0) is 18.4. The molecule has 0 aliphatic rings. The number of nitrogens with zero attached hydrogens (tertiary/aromatic N) is 1. The number of hydrogen-bond donors (Lipinski definition) is 1. The summed E-state index contributed by atoms with van der Waals surface area (Å²) in [6.07, 6.45) is 0. The minimum atomic E-state index is -2.84. The van der Waals surface area contributed by atoms with Gasteiger partial charge in [0.15, 0.2) is 0 Å². The molecule has 4 nitrogen and oxygen atoms in total. The topological polar surface area (TPSA) is 41.6 Å².